The van der Waals surface area contributed by atoms with E-state index in [0.717, 1.165) is 38.3 Å². The van der Waals surface area contributed by atoms with Crippen LogP contribution in [0.4, 0.5) is 0 Å². The maximum absolute atomic E-state index is 12.5. The van der Waals surface area contributed by atoms with Crippen molar-refractivity contribution in [1.29, 1.82) is 0 Å². The molecule has 0 bridgehead atoms. The number of carbonyl (C=O) groups excluding carboxylic acids is 1. The number of benzene rings is 1. The Balaban J connectivity index is 1.54. The smallest absolute Gasteiger partial charge is 0.224 e. The summed E-state index contributed by atoms with van der Waals surface area (Å²) >= 11 is 12.1. The van der Waals surface area contributed by atoms with Crippen LogP contribution in [0.2, 0.25) is 10.0 Å². The van der Waals surface area contributed by atoms with Crippen LogP contribution in [0.3, 0.4) is 0 Å². The maximum Gasteiger partial charge on any atom is 0.224 e. The van der Waals surface area contributed by atoms with Gasteiger partial charge in [-0.15, -0.1) is 0 Å². The summed E-state index contributed by atoms with van der Waals surface area (Å²) in [5.74, 6) is 0.196. The molecular formula is C17H23Cl2N3O2. The van der Waals surface area contributed by atoms with Crippen LogP contribution in [0, 0.1) is 0 Å². The molecule has 24 heavy (non-hydrogen) atoms. The van der Waals surface area contributed by atoms with E-state index in [0.29, 0.717) is 36.2 Å². The maximum atomic E-state index is 12.5. The fourth-order valence-electron chi connectivity index (χ4n) is 3.14. The van der Waals surface area contributed by atoms with Gasteiger partial charge in [-0.25, -0.2) is 0 Å². The number of nitrogens with zero attached hydrogens (tertiary/aromatic N) is 2. The number of ether oxygens (including phenoxy) is 1. The molecule has 1 atom stereocenters. The zero-order valence-corrected chi connectivity index (χ0v) is 15.2. The van der Waals surface area contributed by atoms with Crippen LogP contribution in [-0.4, -0.2) is 68.1 Å². The lowest BCUT2D eigenvalue weighted by Gasteiger charge is -2.34. The predicted molar refractivity (Wildman–Crippen MR) is 95.7 cm³/mol. The molecule has 0 aromatic heterocycles. The molecule has 1 N–H and O–H groups in total. The van der Waals surface area contributed by atoms with Crippen molar-refractivity contribution >= 4 is 29.1 Å². The summed E-state index contributed by atoms with van der Waals surface area (Å²) in [4.78, 5) is 16.8. The third-order valence-electron chi connectivity index (χ3n) is 4.59. The average Bonchev–Trinajstić information content (AvgIpc) is 2.63. The first kappa shape index (κ1) is 18.0. The van der Waals surface area contributed by atoms with Gasteiger partial charge in [0.1, 0.15) is 6.10 Å². The molecule has 0 spiro atoms. The molecule has 2 heterocycles. The van der Waals surface area contributed by atoms with E-state index in [1.165, 1.54) is 0 Å². The van der Waals surface area contributed by atoms with Crippen molar-refractivity contribution in [2.24, 2.45) is 0 Å². The molecule has 1 aromatic carbocycles. The van der Waals surface area contributed by atoms with Gasteiger partial charge in [0.05, 0.1) is 23.2 Å². The summed E-state index contributed by atoms with van der Waals surface area (Å²) < 4.78 is 5.82. The quantitative estimate of drug-likeness (QED) is 0.880. The Hall–Kier alpha value is -0.850. The largest absolute Gasteiger partial charge is 0.370 e. The molecule has 0 aliphatic carbocycles. The monoisotopic (exact) mass is 371 g/mol. The number of piperazine rings is 1. The van der Waals surface area contributed by atoms with Crippen molar-refractivity contribution in [2.45, 2.75) is 12.5 Å². The van der Waals surface area contributed by atoms with Gasteiger partial charge < -0.3 is 19.9 Å². The Morgan fingerprint density at radius 3 is 2.75 bits per heavy atom. The summed E-state index contributed by atoms with van der Waals surface area (Å²) in [6, 6.07) is 5.50. The molecule has 1 aromatic rings. The van der Waals surface area contributed by atoms with E-state index in [1.807, 2.05) is 17.0 Å². The molecule has 7 heteroatoms. The van der Waals surface area contributed by atoms with Gasteiger partial charge in [-0.2, -0.15) is 0 Å². The van der Waals surface area contributed by atoms with Crippen molar-refractivity contribution < 1.29 is 9.53 Å². The summed E-state index contributed by atoms with van der Waals surface area (Å²) in [5.41, 5.74) is 0.962. The minimum absolute atomic E-state index is 0.142. The number of carbonyl (C=O) groups is 1. The van der Waals surface area contributed by atoms with Crippen molar-refractivity contribution in [1.82, 2.24) is 15.1 Å². The SMILES string of the molecule is O=C(CCN1CCNCC1)N1CCO[C@@H](c2ccc(Cl)c(Cl)c2)C1. The lowest BCUT2D eigenvalue weighted by molar-refractivity contribution is -0.139. The summed E-state index contributed by atoms with van der Waals surface area (Å²) in [5, 5.41) is 4.37. The van der Waals surface area contributed by atoms with E-state index < -0.39 is 0 Å². The van der Waals surface area contributed by atoms with E-state index in [2.05, 4.69) is 10.2 Å². The lowest BCUT2D eigenvalue weighted by Crippen LogP contribution is -2.46. The number of halogens is 2. The van der Waals surface area contributed by atoms with E-state index in [1.54, 1.807) is 6.07 Å². The van der Waals surface area contributed by atoms with Crippen molar-refractivity contribution in [3.8, 4) is 0 Å². The van der Waals surface area contributed by atoms with E-state index >= 15 is 0 Å². The minimum Gasteiger partial charge on any atom is -0.370 e. The van der Waals surface area contributed by atoms with Gasteiger partial charge in [-0.05, 0) is 17.7 Å². The molecule has 0 saturated carbocycles. The highest BCUT2D eigenvalue weighted by Crippen LogP contribution is 2.29. The highest BCUT2D eigenvalue weighted by atomic mass is 35.5. The third kappa shape index (κ3) is 4.61. The number of morpholine rings is 1. The second-order valence-electron chi connectivity index (χ2n) is 6.21. The number of nitrogens with one attached hydrogen (secondary N) is 1. The summed E-state index contributed by atoms with van der Waals surface area (Å²) in [6.45, 7) is 6.64. The number of hydrogen-bond donors (Lipinski definition) is 1. The first-order valence-corrected chi connectivity index (χ1v) is 9.16. The second kappa shape index (κ2) is 8.50. The standard InChI is InChI=1S/C17H23Cl2N3O2/c18-14-2-1-13(11-15(14)19)16-12-22(9-10-24-16)17(23)3-6-21-7-4-20-5-8-21/h1-2,11,16,20H,3-10,12H2/t16-/m1/s1. The van der Waals surface area contributed by atoms with Crippen LogP contribution in [0.5, 0.6) is 0 Å². The van der Waals surface area contributed by atoms with Gasteiger partial charge in [0.15, 0.2) is 0 Å². The van der Waals surface area contributed by atoms with Crippen LogP contribution in [0.1, 0.15) is 18.1 Å². The first-order chi connectivity index (χ1) is 11.6. The molecule has 0 unspecified atom stereocenters. The average molecular weight is 372 g/mol. The molecular weight excluding hydrogens is 349 g/mol. The topological polar surface area (TPSA) is 44.8 Å². The highest BCUT2D eigenvalue weighted by Gasteiger charge is 2.26. The second-order valence-corrected chi connectivity index (χ2v) is 7.03. The van der Waals surface area contributed by atoms with Crippen molar-refractivity contribution in [2.75, 3.05) is 52.4 Å². The summed E-state index contributed by atoms with van der Waals surface area (Å²) in [6.07, 6.45) is 0.422. The molecule has 1 amide bonds. The fraction of sp³-hybridized carbons (Fsp3) is 0.588. The van der Waals surface area contributed by atoms with Crippen LogP contribution < -0.4 is 5.32 Å². The molecule has 132 valence electrons. The zero-order chi connectivity index (χ0) is 16.9. The molecule has 5 nitrogen and oxygen atoms in total. The molecule has 2 aliphatic heterocycles. The van der Waals surface area contributed by atoms with E-state index in [4.69, 9.17) is 27.9 Å². The van der Waals surface area contributed by atoms with Crippen molar-refractivity contribution in [3.05, 3.63) is 33.8 Å². The highest BCUT2D eigenvalue weighted by molar-refractivity contribution is 6.42. The fourth-order valence-corrected chi connectivity index (χ4v) is 3.44. The zero-order valence-electron chi connectivity index (χ0n) is 13.6. The van der Waals surface area contributed by atoms with Gasteiger partial charge >= 0.3 is 0 Å². The van der Waals surface area contributed by atoms with Gasteiger partial charge in [0, 0.05) is 45.7 Å². The summed E-state index contributed by atoms with van der Waals surface area (Å²) in [7, 11) is 0. The Morgan fingerprint density at radius 2 is 2.00 bits per heavy atom. The minimum atomic E-state index is -0.142. The Labute approximate surface area is 152 Å². The van der Waals surface area contributed by atoms with Gasteiger partial charge in [0.25, 0.3) is 0 Å². The molecule has 2 saturated heterocycles. The normalized spacial score (nSPS) is 22.6. The molecule has 2 aliphatic rings. The Kier molecular flexibility index (Phi) is 6.36. The predicted octanol–water partition coefficient (Wildman–Crippen LogP) is 2.19. The number of rotatable bonds is 4. The van der Waals surface area contributed by atoms with Crippen LogP contribution in [-0.2, 0) is 9.53 Å². The molecule has 2 fully saturated rings. The van der Waals surface area contributed by atoms with E-state index in [-0.39, 0.29) is 12.0 Å². The van der Waals surface area contributed by atoms with Gasteiger partial charge in [-0.1, -0.05) is 29.3 Å². The lowest BCUT2D eigenvalue weighted by atomic mass is 10.1. The Bertz CT molecular complexity index is 579. The van der Waals surface area contributed by atoms with Gasteiger partial charge in [-0.3, -0.25) is 4.79 Å². The van der Waals surface area contributed by atoms with Crippen LogP contribution in [0.15, 0.2) is 18.2 Å². The third-order valence-corrected chi connectivity index (χ3v) is 5.33. The Morgan fingerprint density at radius 1 is 1.21 bits per heavy atom. The number of amides is 1. The molecule has 0 radical (unpaired) electrons. The molecule has 3 rings (SSSR count). The van der Waals surface area contributed by atoms with Crippen LogP contribution >= 0.6 is 23.2 Å². The van der Waals surface area contributed by atoms with Crippen LogP contribution in [0.25, 0.3) is 0 Å². The number of hydrogen-bond acceptors (Lipinski definition) is 4. The van der Waals surface area contributed by atoms with Gasteiger partial charge in [0.2, 0.25) is 5.91 Å². The van der Waals surface area contributed by atoms with Crippen molar-refractivity contribution in [3.63, 3.8) is 0 Å². The van der Waals surface area contributed by atoms with E-state index in [9.17, 15) is 4.79 Å². The first-order valence-electron chi connectivity index (χ1n) is 8.41.